The van der Waals surface area contributed by atoms with Crippen molar-refractivity contribution in [2.45, 2.75) is 4.90 Å². The van der Waals surface area contributed by atoms with Gasteiger partial charge in [-0.25, -0.2) is 22.2 Å². The summed E-state index contributed by atoms with van der Waals surface area (Å²) in [7, 11) is -4.08. The lowest BCUT2D eigenvalue weighted by Crippen LogP contribution is -2.14. The highest BCUT2D eigenvalue weighted by Crippen LogP contribution is 2.25. The summed E-state index contributed by atoms with van der Waals surface area (Å²) in [6.07, 6.45) is 1.19. The summed E-state index contributed by atoms with van der Waals surface area (Å²) in [5.41, 5.74) is -0.501. The Morgan fingerprint density at radius 1 is 1.20 bits per heavy atom. The molecule has 2 aromatic rings. The average molecular weight is 384 g/mol. The summed E-state index contributed by atoms with van der Waals surface area (Å²) in [6.45, 7) is 0. The van der Waals surface area contributed by atoms with Gasteiger partial charge in [0.15, 0.2) is 0 Å². The van der Waals surface area contributed by atoms with Gasteiger partial charge in [-0.3, -0.25) is 4.72 Å². The van der Waals surface area contributed by atoms with E-state index in [1.807, 2.05) is 4.72 Å². The molecule has 0 aliphatic heterocycles. The molecule has 9 heteroatoms. The number of hydrogen-bond acceptors (Lipinski definition) is 3. The standard InChI is InChI=1S/C11H6BrClF2N2O2S/c12-7-4-9(15)10(5-8(7)14)17-20(18,19)6-1-2-16-11(13)3-6/h1-5,17H. The zero-order chi connectivity index (χ0) is 14.9. The summed E-state index contributed by atoms with van der Waals surface area (Å²) < 4.78 is 52.8. The van der Waals surface area contributed by atoms with Crippen LogP contribution in [-0.2, 0) is 10.0 Å². The molecule has 0 fully saturated rings. The van der Waals surface area contributed by atoms with Gasteiger partial charge in [-0.05, 0) is 34.1 Å². The molecule has 0 spiro atoms. The molecule has 0 saturated carbocycles. The maximum Gasteiger partial charge on any atom is 0.262 e. The summed E-state index contributed by atoms with van der Waals surface area (Å²) >= 11 is 8.38. The Balaban J connectivity index is 2.41. The predicted molar refractivity (Wildman–Crippen MR) is 74.1 cm³/mol. The molecular weight excluding hydrogens is 378 g/mol. The fraction of sp³-hybridized carbons (Fsp3) is 0. The molecular formula is C11H6BrClF2N2O2S. The van der Waals surface area contributed by atoms with E-state index in [1.54, 1.807) is 0 Å². The molecule has 1 heterocycles. The number of aromatic nitrogens is 1. The molecule has 106 valence electrons. The van der Waals surface area contributed by atoms with Crippen LogP contribution in [0, 0.1) is 11.6 Å². The van der Waals surface area contributed by atoms with Crippen molar-refractivity contribution in [2.75, 3.05) is 4.72 Å². The number of pyridine rings is 1. The molecule has 1 N–H and O–H groups in total. The molecule has 20 heavy (non-hydrogen) atoms. The van der Waals surface area contributed by atoms with E-state index in [2.05, 4.69) is 20.9 Å². The Labute approximate surface area is 127 Å². The van der Waals surface area contributed by atoms with Crippen LogP contribution >= 0.6 is 27.5 Å². The quantitative estimate of drug-likeness (QED) is 0.651. The first-order chi connectivity index (χ1) is 9.29. The zero-order valence-corrected chi connectivity index (χ0v) is 12.7. The fourth-order valence-electron chi connectivity index (χ4n) is 1.36. The van der Waals surface area contributed by atoms with Crippen molar-refractivity contribution in [1.82, 2.24) is 4.98 Å². The predicted octanol–water partition coefficient (Wildman–Crippen LogP) is 3.58. The highest BCUT2D eigenvalue weighted by Gasteiger charge is 2.18. The van der Waals surface area contributed by atoms with Crippen molar-refractivity contribution >= 4 is 43.2 Å². The van der Waals surface area contributed by atoms with Gasteiger partial charge in [-0.1, -0.05) is 11.6 Å². The van der Waals surface area contributed by atoms with Crippen molar-refractivity contribution in [3.63, 3.8) is 0 Å². The molecule has 0 unspecified atom stereocenters. The highest BCUT2D eigenvalue weighted by molar-refractivity contribution is 9.10. The maximum atomic E-state index is 13.6. The topological polar surface area (TPSA) is 59.1 Å². The third-order valence-electron chi connectivity index (χ3n) is 2.26. The number of halogens is 4. The van der Waals surface area contributed by atoms with Crippen LogP contribution in [0.2, 0.25) is 5.15 Å². The molecule has 1 aromatic heterocycles. The molecule has 0 amide bonds. The second-order valence-electron chi connectivity index (χ2n) is 3.67. The molecule has 2 rings (SSSR count). The van der Waals surface area contributed by atoms with E-state index in [0.717, 1.165) is 18.2 Å². The van der Waals surface area contributed by atoms with E-state index < -0.39 is 27.3 Å². The SMILES string of the molecule is O=S(=O)(Nc1cc(F)c(Br)cc1F)c1ccnc(Cl)c1. The number of benzene rings is 1. The van der Waals surface area contributed by atoms with Crippen molar-refractivity contribution in [3.8, 4) is 0 Å². The van der Waals surface area contributed by atoms with Crippen molar-refractivity contribution < 1.29 is 17.2 Å². The van der Waals surface area contributed by atoms with Crippen LogP contribution in [0.15, 0.2) is 39.8 Å². The van der Waals surface area contributed by atoms with Crippen LogP contribution in [-0.4, -0.2) is 13.4 Å². The molecule has 0 radical (unpaired) electrons. The molecule has 0 aliphatic carbocycles. The molecule has 4 nitrogen and oxygen atoms in total. The summed E-state index contributed by atoms with van der Waals surface area (Å²) in [5, 5.41) is -0.0321. The second-order valence-corrected chi connectivity index (χ2v) is 6.59. The van der Waals surface area contributed by atoms with Gasteiger partial charge < -0.3 is 0 Å². The fourth-order valence-corrected chi connectivity index (χ4v) is 2.98. The van der Waals surface area contributed by atoms with Crippen LogP contribution in [0.25, 0.3) is 0 Å². The summed E-state index contributed by atoms with van der Waals surface area (Å²) in [5.74, 6) is -1.71. The second kappa shape index (κ2) is 5.63. The van der Waals surface area contributed by atoms with Gasteiger partial charge in [0.25, 0.3) is 10.0 Å². The van der Waals surface area contributed by atoms with Crippen LogP contribution in [0.3, 0.4) is 0 Å². The minimum absolute atomic E-state index is 0.0321. The average Bonchev–Trinajstić information content (AvgIpc) is 2.36. The first kappa shape index (κ1) is 15.1. The van der Waals surface area contributed by atoms with E-state index >= 15 is 0 Å². The minimum Gasteiger partial charge on any atom is -0.277 e. The van der Waals surface area contributed by atoms with Crippen molar-refractivity contribution in [1.29, 1.82) is 0 Å². The Hall–Kier alpha value is -1.25. The van der Waals surface area contributed by atoms with Crippen LogP contribution < -0.4 is 4.72 Å². The van der Waals surface area contributed by atoms with Gasteiger partial charge in [-0.2, -0.15) is 0 Å². The van der Waals surface area contributed by atoms with E-state index in [9.17, 15) is 17.2 Å². The third kappa shape index (κ3) is 3.25. The Bertz CT molecular complexity index is 771. The van der Waals surface area contributed by atoms with Gasteiger partial charge in [0.05, 0.1) is 15.1 Å². The van der Waals surface area contributed by atoms with E-state index in [4.69, 9.17) is 11.6 Å². The van der Waals surface area contributed by atoms with Crippen molar-refractivity contribution in [2.24, 2.45) is 0 Å². The van der Waals surface area contributed by atoms with Crippen LogP contribution in [0.4, 0.5) is 14.5 Å². The van der Waals surface area contributed by atoms with Gasteiger partial charge in [0.1, 0.15) is 16.8 Å². The molecule has 1 aromatic carbocycles. The molecule has 0 aliphatic rings. The Kier molecular flexibility index (Phi) is 4.26. The normalized spacial score (nSPS) is 11.4. The number of nitrogens with one attached hydrogen (secondary N) is 1. The van der Waals surface area contributed by atoms with Gasteiger partial charge in [0, 0.05) is 12.3 Å². The minimum atomic E-state index is -4.08. The van der Waals surface area contributed by atoms with Gasteiger partial charge >= 0.3 is 0 Å². The Morgan fingerprint density at radius 2 is 1.90 bits per heavy atom. The molecule has 0 bridgehead atoms. The number of hydrogen-bond donors (Lipinski definition) is 1. The highest BCUT2D eigenvalue weighted by atomic mass is 79.9. The number of anilines is 1. The van der Waals surface area contributed by atoms with Gasteiger partial charge in [-0.15, -0.1) is 0 Å². The molecule has 0 atom stereocenters. The molecule has 0 saturated heterocycles. The van der Waals surface area contributed by atoms with Crippen LogP contribution in [0.5, 0.6) is 0 Å². The largest absolute Gasteiger partial charge is 0.277 e. The van der Waals surface area contributed by atoms with Gasteiger partial charge in [0.2, 0.25) is 0 Å². The number of nitrogens with zero attached hydrogens (tertiary/aromatic N) is 1. The lowest BCUT2D eigenvalue weighted by molar-refractivity contribution is 0.591. The summed E-state index contributed by atoms with van der Waals surface area (Å²) in [6, 6.07) is 3.84. The first-order valence-electron chi connectivity index (χ1n) is 5.08. The summed E-state index contributed by atoms with van der Waals surface area (Å²) in [4.78, 5) is 3.43. The van der Waals surface area contributed by atoms with E-state index in [1.165, 1.54) is 12.3 Å². The smallest absolute Gasteiger partial charge is 0.262 e. The first-order valence-corrected chi connectivity index (χ1v) is 7.74. The lowest BCUT2D eigenvalue weighted by atomic mass is 10.3. The third-order valence-corrected chi connectivity index (χ3v) is 4.44. The monoisotopic (exact) mass is 382 g/mol. The Morgan fingerprint density at radius 3 is 2.55 bits per heavy atom. The van der Waals surface area contributed by atoms with E-state index in [0.29, 0.717) is 0 Å². The number of rotatable bonds is 3. The van der Waals surface area contributed by atoms with E-state index in [-0.39, 0.29) is 14.5 Å². The van der Waals surface area contributed by atoms with Crippen molar-refractivity contribution in [3.05, 3.63) is 51.7 Å². The van der Waals surface area contributed by atoms with Crippen LogP contribution in [0.1, 0.15) is 0 Å². The maximum absolute atomic E-state index is 13.6. The number of sulfonamides is 1. The zero-order valence-electron chi connectivity index (χ0n) is 9.57. The lowest BCUT2D eigenvalue weighted by Gasteiger charge is -2.09.